The number of carbonyl (C=O) groups excluding carboxylic acids is 1. The molecule has 0 amide bonds. The highest BCUT2D eigenvalue weighted by atomic mass is 16.6. The Bertz CT molecular complexity index is 255. The zero-order valence-corrected chi connectivity index (χ0v) is 8.02. The second-order valence-corrected chi connectivity index (χ2v) is 2.95. The summed E-state index contributed by atoms with van der Waals surface area (Å²) in [6, 6.07) is 0. The SMILES string of the molecule is C=CCO[C@H]1C=CC(=O)O[C@@H]1CC=C. The smallest absolute Gasteiger partial charge is 0.330 e. The van der Waals surface area contributed by atoms with Crippen molar-refractivity contribution in [3.63, 3.8) is 0 Å². The monoisotopic (exact) mass is 194 g/mol. The first-order chi connectivity index (χ1) is 6.77. The van der Waals surface area contributed by atoms with Gasteiger partial charge in [-0.15, -0.1) is 13.2 Å². The molecule has 1 aliphatic rings. The van der Waals surface area contributed by atoms with Crippen LogP contribution in [-0.4, -0.2) is 24.8 Å². The average molecular weight is 194 g/mol. The van der Waals surface area contributed by atoms with Crippen molar-refractivity contribution in [3.05, 3.63) is 37.5 Å². The maximum absolute atomic E-state index is 10.9. The molecule has 0 radical (unpaired) electrons. The zero-order chi connectivity index (χ0) is 10.4. The van der Waals surface area contributed by atoms with Crippen LogP contribution in [0.1, 0.15) is 6.42 Å². The summed E-state index contributed by atoms with van der Waals surface area (Å²) in [6.45, 7) is 7.60. The van der Waals surface area contributed by atoms with Gasteiger partial charge in [0, 0.05) is 12.5 Å². The van der Waals surface area contributed by atoms with Gasteiger partial charge >= 0.3 is 5.97 Å². The van der Waals surface area contributed by atoms with Gasteiger partial charge < -0.3 is 9.47 Å². The lowest BCUT2D eigenvalue weighted by Gasteiger charge is -2.26. The fraction of sp³-hybridized carbons (Fsp3) is 0.364. The van der Waals surface area contributed by atoms with Crippen LogP contribution in [0.15, 0.2) is 37.5 Å². The summed E-state index contributed by atoms with van der Waals surface area (Å²) in [5.41, 5.74) is 0. The molecule has 0 aromatic heterocycles. The van der Waals surface area contributed by atoms with Crippen molar-refractivity contribution in [2.75, 3.05) is 6.61 Å². The van der Waals surface area contributed by atoms with Crippen molar-refractivity contribution in [3.8, 4) is 0 Å². The molecule has 2 atom stereocenters. The van der Waals surface area contributed by atoms with Crippen molar-refractivity contribution in [1.29, 1.82) is 0 Å². The summed E-state index contributed by atoms with van der Waals surface area (Å²) in [5, 5.41) is 0. The van der Waals surface area contributed by atoms with E-state index in [9.17, 15) is 4.79 Å². The Morgan fingerprint density at radius 1 is 1.50 bits per heavy atom. The standard InChI is InChI=1S/C11H14O3/c1-3-5-10-9(13-8-4-2)6-7-11(12)14-10/h3-4,6-7,9-10H,1-2,5,8H2/t9-,10+/m0/s1. The molecule has 0 aromatic carbocycles. The second kappa shape index (κ2) is 5.40. The minimum Gasteiger partial charge on any atom is -0.456 e. The zero-order valence-electron chi connectivity index (χ0n) is 8.02. The van der Waals surface area contributed by atoms with E-state index in [1.54, 1.807) is 18.2 Å². The quantitative estimate of drug-likeness (QED) is 0.492. The van der Waals surface area contributed by atoms with Gasteiger partial charge in [0.25, 0.3) is 0 Å². The third-order valence-electron chi connectivity index (χ3n) is 1.86. The summed E-state index contributed by atoms with van der Waals surface area (Å²) in [4.78, 5) is 10.9. The van der Waals surface area contributed by atoms with Crippen LogP contribution in [0.2, 0.25) is 0 Å². The molecule has 1 heterocycles. The molecular formula is C11H14O3. The molecule has 0 saturated carbocycles. The predicted octanol–water partition coefficient (Wildman–Crippen LogP) is 1.62. The van der Waals surface area contributed by atoms with E-state index >= 15 is 0 Å². The molecule has 1 rings (SSSR count). The molecule has 3 heteroatoms. The van der Waals surface area contributed by atoms with Gasteiger partial charge in [-0.1, -0.05) is 12.2 Å². The van der Waals surface area contributed by atoms with Crippen molar-refractivity contribution < 1.29 is 14.3 Å². The van der Waals surface area contributed by atoms with Crippen LogP contribution in [0.25, 0.3) is 0 Å². The molecule has 76 valence electrons. The lowest BCUT2D eigenvalue weighted by molar-refractivity contribution is -0.151. The van der Waals surface area contributed by atoms with Crippen molar-refractivity contribution in [2.45, 2.75) is 18.6 Å². The van der Waals surface area contributed by atoms with Crippen LogP contribution in [0.5, 0.6) is 0 Å². The molecular weight excluding hydrogens is 180 g/mol. The number of rotatable bonds is 5. The lowest BCUT2D eigenvalue weighted by Crippen LogP contribution is -2.34. The predicted molar refractivity (Wildman–Crippen MR) is 53.8 cm³/mol. The highest BCUT2D eigenvalue weighted by Gasteiger charge is 2.25. The van der Waals surface area contributed by atoms with E-state index in [0.717, 1.165) is 0 Å². The maximum atomic E-state index is 10.9. The Morgan fingerprint density at radius 2 is 2.29 bits per heavy atom. The third kappa shape index (κ3) is 2.85. The average Bonchev–Trinajstić information content (AvgIpc) is 2.17. The number of cyclic esters (lactones) is 1. The van der Waals surface area contributed by atoms with Crippen LogP contribution in [0, 0.1) is 0 Å². The highest BCUT2D eigenvalue weighted by Crippen LogP contribution is 2.15. The molecule has 0 aromatic rings. The maximum Gasteiger partial charge on any atom is 0.330 e. The minimum atomic E-state index is -0.324. The van der Waals surface area contributed by atoms with Crippen molar-refractivity contribution in [2.24, 2.45) is 0 Å². The van der Waals surface area contributed by atoms with E-state index in [4.69, 9.17) is 9.47 Å². The van der Waals surface area contributed by atoms with E-state index < -0.39 is 0 Å². The number of hydrogen-bond acceptors (Lipinski definition) is 3. The van der Waals surface area contributed by atoms with Crippen molar-refractivity contribution in [1.82, 2.24) is 0 Å². The molecule has 1 aliphatic heterocycles. The Balaban J connectivity index is 2.58. The van der Waals surface area contributed by atoms with E-state index in [1.165, 1.54) is 6.08 Å². The van der Waals surface area contributed by atoms with Gasteiger partial charge in [-0.3, -0.25) is 0 Å². The largest absolute Gasteiger partial charge is 0.456 e. The highest BCUT2D eigenvalue weighted by molar-refractivity contribution is 5.83. The van der Waals surface area contributed by atoms with Gasteiger partial charge in [-0.05, 0) is 6.08 Å². The number of carbonyl (C=O) groups is 1. The molecule has 0 fully saturated rings. The van der Waals surface area contributed by atoms with E-state index in [-0.39, 0.29) is 18.2 Å². The molecule has 0 aliphatic carbocycles. The van der Waals surface area contributed by atoms with Gasteiger partial charge in [0.1, 0.15) is 12.2 Å². The number of ether oxygens (including phenoxy) is 2. The molecule has 3 nitrogen and oxygen atoms in total. The summed E-state index contributed by atoms with van der Waals surface area (Å²) in [6.07, 6.45) is 6.61. The van der Waals surface area contributed by atoms with Crippen LogP contribution >= 0.6 is 0 Å². The molecule has 0 N–H and O–H groups in total. The van der Waals surface area contributed by atoms with Crippen LogP contribution in [0.3, 0.4) is 0 Å². The summed E-state index contributed by atoms with van der Waals surface area (Å²) < 4.78 is 10.5. The van der Waals surface area contributed by atoms with Gasteiger partial charge in [0.2, 0.25) is 0 Å². The van der Waals surface area contributed by atoms with E-state index in [2.05, 4.69) is 13.2 Å². The molecule has 0 spiro atoms. The first-order valence-corrected chi connectivity index (χ1v) is 4.50. The second-order valence-electron chi connectivity index (χ2n) is 2.95. The Hall–Kier alpha value is -1.35. The Kier molecular flexibility index (Phi) is 4.13. The number of hydrogen-bond donors (Lipinski definition) is 0. The van der Waals surface area contributed by atoms with Gasteiger partial charge in [-0.25, -0.2) is 4.79 Å². The van der Waals surface area contributed by atoms with Gasteiger partial charge in [0.15, 0.2) is 0 Å². The third-order valence-corrected chi connectivity index (χ3v) is 1.86. The fourth-order valence-corrected chi connectivity index (χ4v) is 1.24. The normalized spacial score (nSPS) is 25.6. The minimum absolute atomic E-state index is 0.191. The molecule has 14 heavy (non-hydrogen) atoms. The lowest BCUT2D eigenvalue weighted by atomic mass is 10.1. The topological polar surface area (TPSA) is 35.5 Å². The van der Waals surface area contributed by atoms with Crippen molar-refractivity contribution >= 4 is 5.97 Å². The summed E-state index contributed by atoms with van der Waals surface area (Å²) >= 11 is 0. The van der Waals surface area contributed by atoms with E-state index in [1.807, 2.05) is 0 Å². The van der Waals surface area contributed by atoms with Gasteiger partial charge in [-0.2, -0.15) is 0 Å². The first-order valence-electron chi connectivity index (χ1n) is 4.50. The molecule has 0 bridgehead atoms. The number of esters is 1. The Morgan fingerprint density at radius 3 is 2.93 bits per heavy atom. The van der Waals surface area contributed by atoms with Gasteiger partial charge in [0.05, 0.1) is 6.61 Å². The van der Waals surface area contributed by atoms with Crippen LogP contribution in [-0.2, 0) is 14.3 Å². The summed E-state index contributed by atoms with van der Waals surface area (Å²) in [5.74, 6) is -0.324. The van der Waals surface area contributed by atoms with Crippen LogP contribution in [0.4, 0.5) is 0 Å². The molecule has 0 saturated heterocycles. The first kappa shape index (κ1) is 10.7. The van der Waals surface area contributed by atoms with Crippen LogP contribution < -0.4 is 0 Å². The Labute approximate surface area is 83.7 Å². The molecule has 0 unspecified atom stereocenters. The fourth-order valence-electron chi connectivity index (χ4n) is 1.24. The van der Waals surface area contributed by atoms with E-state index in [0.29, 0.717) is 13.0 Å². The summed E-state index contributed by atoms with van der Waals surface area (Å²) in [7, 11) is 0.